The second-order valence-electron chi connectivity index (χ2n) is 8.63. The fourth-order valence-corrected chi connectivity index (χ4v) is 5.18. The molecule has 0 aliphatic carbocycles. The van der Waals surface area contributed by atoms with Gasteiger partial charge in [0.1, 0.15) is 6.10 Å². The number of aromatic amines is 1. The molecule has 170 valence electrons. The van der Waals surface area contributed by atoms with Gasteiger partial charge in [0.05, 0.1) is 28.8 Å². The molecule has 2 aromatic carbocycles. The van der Waals surface area contributed by atoms with Gasteiger partial charge in [-0.25, -0.2) is 0 Å². The van der Waals surface area contributed by atoms with E-state index >= 15 is 0 Å². The Morgan fingerprint density at radius 3 is 2.88 bits per heavy atom. The molecule has 0 saturated carbocycles. The van der Waals surface area contributed by atoms with Crippen LogP contribution in [0.1, 0.15) is 24.8 Å². The molecule has 0 amide bonds. The Morgan fingerprint density at radius 2 is 2.09 bits per heavy atom. The fourth-order valence-electron chi connectivity index (χ4n) is 4.91. The lowest BCUT2D eigenvalue weighted by atomic mass is 9.97. The molecule has 3 N–H and O–H groups in total. The number of nitrogens with zero attached hydrogens (tertiary/aromatic N) is 2. The van der Waals surface area contributed by atoms with Gasteiger partial charge in [0, 0.05) is 36.2 Å². The van der Waals surface area contributed by atoms with Crippen molar-refractivity contribution in [3.63, 3.8) is 0 Å². The second-order valence-corrected chi connectivity index (χ2v) is 9.04. The van der Waals surface area contributed by atoms with Gasteiger partial charge in [-0.15, -0.1) is 0 Å². The van der Waals surface area contributed by atoms with Crippen molar-refractivity contribution in [2.45, 2.75) is 37.6 Å². The maximum Gasteiger partial charge on any atom is 0.295 e. The lowest BCUT2D eigenvalue weighted by Crippen LogP contribution is -2.32. The van der Waals surface area contributed by atoms with Crippen molar-refractivity contribution in [2.24, 2.45) is 10.7 Å². The number of fused-ring (bicyclic) bond motifs is 2. The molecule has 1 aromatic heterocycles. The van der Waals surface area contributed by atoms with Crippen molar-refractivity contribution in [2.75, 3.05) is 19.8 Å². The number of imidazole rings is 1. The van der Waals surface area contributed by atoms with Crippen LogP contribution in [0.15, 0.2) is 47.6 Å². The van der Waals surface area contributed by atoms with Crippen LogP contribution in [0.4, 0.5) is 0 Å². The van der Waals surface area contributed by atoms with Crippen LogP contribution in [0.2, 0.25) is 5.02 Å². The third-order valence-corrected chi connectivity index (χ3v) is 6.90. The number of hydrogen-bond acceptors (Lipinski definition) is 6. The maximum absolute atomic E-state index is 6.64. The summed E-state index contributed by atoms with van der Waals surface area (Å²) in [5, 5.41) is 0.642. The minimum Gasteiger partial charge on any atom is -0.456 e. The number of aliphatic imine (C=N–C) groups is 1. The summed E-state index contributed by atoms with van der Waals surface area (Å²) in [6, 6.07) is 12.6. The first-order valence-electron chi connectivity index (χ1n) is 11.3. The van der Waals surface area contributed by atoms with Gasteiger partial charge in [0.2, 0.25) is 0 Å². The minimum atomic E-state index is -0.158. The van der Waals surface area contributed by atoms with Crippen LogP contribution in [0.25, 0.3) is 27.7 Å². The largest absolute Gasteiger partial charge is 0.456 e. The van der Waals surface area contributed by atoms with Gasteiger partial charge >= 0.3 is 0 Å². The van der Waals surface area contributed by atoms with E-state index in [1.165, 1.54) is 0 Å². The van der Waals surface area contributed by atoms with Crippen LogP contribution < -0.4 is 10.5 Å². The number of halogens is 1. The number of nitrogens with two attached hydrogens (primary N) is 1. The van der Waals surface area contributed by atoms with Crippen LogP contribution in [0, 0.1) is 0 Å². The second kappa shape index (κ2) is 8.48. The average Bonchev–Trinajstić information content (AvgIpc) is 3.61. The number of rotatable bonds is 5. The molecule has 8 heteroatoms. The fraction of sp³-hybridized carbons (Fsp3) is 0.360. The van der Waals surface area contributed by atoms with Gasteiger partial charge in [-0.05, 0) is 42.5 Å². The monoisotopic (exact) mass is 464 g/mol. The highest BCUT2D eigenvalue weighted by Crippen LogP contribution is 2.34. The van der Waals surface area contributed by atoms with E-state index in [0.29, 0.717) is 24.2 Å². The summed E-state index contributed by atoms with van der Waals surface area (Å²) in [6.45, 7) is 2.10. The zero-order chi connectivity index (χ0) is 22.4. The Labute approximate surface area is 196 Å². The first-order chi connectivity index (χ1) is 16.2. The summed E-state index contributed by atoms with van der Waals surface area (Å²) in [6.07, 6.45) is 4.55. The topological polar surface area (TPSA) is 94.8 Å². The predicted octanol–water partition coefficient (Wildman–Crippen LogP) is 4.35. The van der Waals surface area contributed by atoms with Gasteiger partial charge < -0.3 is 24.9 Å². The van der Waals surface area contributed by atoms with Crippen molar-refractivity contribution in [3.05, 3.63) is 53.2 Å². The van der Waals surface area contributed by atoms with Crippen molar-refractivity contribution in [1.82, 2.24) is 9.97 Å². The quantitative estimate of drug-likeness (QED) is 0.585. The number of benzene rings is 2. The minimum absolute atomic E-state index is 0.0291. The predicted molar refractivity (Wildman–Crippen MR) is 129 cm³/mol. The molecule has 1 unspecified atom stereocenters. The molecule has 3 aliphatic heterocycles. The van der Waals surface area contributed by atoms with E-state index in [0.717, 1.165) is 64.8 Å². The molecule has 4 heterocycles. The maximum atomic E-state index is 6.64. The number of allylic oxidation sites excluding steroid dienone is 1. The summed E-state index contributed by atoms with van der Waals surface area (Å²) in [4.78, 5) is 12.4. The molecule has 0 bridgehead atoms. The summed E-state index contributed by atoms with van der Waals surface area (Å²) < 4.78 is 17.6. The SMILES string of the molecule is NC=C(C1=NCCC1)c1ccc(-c2cc3nc(OC4CO[C@@H]5CCO[C@H]45)[nH]c3cc2Cl)cc1. The van der Waals surface area contributed by atoms with Gasteiger partial charge in [-0.2, -0.15) is 4.98 Å². The lowest BCUT2D eigenvalue weighted by Gasteiger charge is -2.15. The van der Waals surface area contributed by atoms with Crippen LogP contribution in [0.5, 0.6) is 6.01 Å². The Hall–Kier alpha value is -2.87. The standard InChI is InChI=1S/C25H25ClN4O3/c26-18-11-21-20(29-25(30-21)33-23-13-32-22-7-9-31-24(22)23)10-16(18)14-3-5-15(6-4-14)17(12-27)19-2-1-8-28-19/h3-6,10-12,22-24H,1-2,7-9,13,27H2,(H,29,30)/t22-,23?,24+/m1/s1. The Bertz CT molecular complexity index is 1250. The van der Waals surface area contributed by atoms with Crippen LogP contribution in [-0.2, 0) is 9.47 Å². The van der Waals surface area contributed by atoms with Gasteiger partial charge in [-0.1, -0.05) is 35.9 Å². The Kier molecular flexibility index (Phi) is 5.32. The van der Waals surface area contributed by atoms with Crippen molar-refractivity contribution in [3.8, 4) is 17.1 Å². The summed E-state index contributed by atoms with van der Waals surface area (Å²) in [5.74, 6) is 0. The van der Waals surface area contributed by atoms with Crippen LogP contribution in [0.3, 0.4) is 0 Å². The molecular formula is C25H25ClN4O3. The van der Waals surface area contributed by atoms with E-state index in [-0.39, 0.29) is 18.3 Å². The van der Waals surface area contributed by atoms with Crippen molar-refractivity contribution < 1.29 is 14.2 Å². The first kappa shape index (κ1) is 20.7. The van der Waals surface area contributed by atoms with Crippen molar-refractivity contribution >= 4 is 33.9 Å². The van der Waals surface area contributed by atoms with E-state index in [1.807, 2.05) is 12.1 Å². The molecule has 7 nitrogen and oxygen atoms in total. The van der Waals surface area contributed by atoms with E-state index < -0.39 is 0 Å². The van der Waals surface area contributed by atoms with Crippen LogP contribution >= 0.6 is 11.6 Å². The Morgan fingerprint density at radius 1 is 1.21 bits per heavy atom. The van der Waals surface area contributed by atoms with E-state index in [2.05, 4.69) is 39.2 Å². The van der Waals surface area contributed by atoms with Gasteiger partial charge in [-0.3, -0.25) is 4.99 Å². The highest BCUT2D eigenvalue weighted by molar-refractivity contribution is 6.34. The number of ether oxygens (including phenoxy) is 3. The normalized spacial score (nSPS) is 24.9. The number of nitrogens with one attached hydrogen (secondary N) is 1. The van der Waals surface area contributed by atoms with E-state index in [9.17, 15) is 0 Å². The average molecular weight is 465 g/mol. The van der Waals surface area contributed by atoms with E-state index in [1.54, 1.807) is 6.20 Å². The third-order valence-electron chi connectivity index (χ3n) is 6.59. The zero-order valence-electron chi connectivity index (χ0n) is 18.1. The smallest absolute Gasteiger partial charge is 0.295 e. The number of H-pyrrole nitrogens is 1. The Balaban J connectivity index is 1.25. The lowest BCUT2D eigenvalue weighted by molar-refractivity contribution is 0.0273. The van der Waals surface area contributed by atoms with Crippen LogP contribution in [-0.4, -0.2) is 53.8 Å². The van der Waals surface area contributed by atoms with E-state index in [4.69, 9.17) is 31.5 Å². The molecule has 0 spiro atoms. The highest BCUT2D eigenvalue weighted by Gasteiger charge is 2.43. The molecule has 0 radical (unpaired) electrons. The van der Waals surface area contributed by atoms with Gasteiger partial charge in [0.25, 0.3) is 6.01 Å². The molecular weight excluding hydrogens is 440 g/mol. The molecule has 6 rings (SSSR count). The molecule has 2 fully saturated rings. The number of aromatic nitrogens is 2. The third kappa shape index (κ3) is 3.80. The number of hydrogen-bond donors (Lipinski definition) is 2. The molecule has 2 saturated heterocycles. The van der Waals surface area contributed by atoms with Gasteiger partial charge in [0.15, 0.2) is 6.10 Å². The highest BCUT2D eigenvalue weighted by atomic mass is 35.5. The summed E-state index contributed by atoms with van der Waals surface area (Å²) in [7, 11) is 0. The zero-order valence-corrected chi connectivity index (χ0v) is 18.8. The molecule has 33 heavy (non-hydrogen) atoms. The molecule has 3 aliphatic rings. The molecule has 3 aromatic rings. The first-order valence-corrected chi connectivity index (χ1v) is 11.7. The van der Waals surface area contributed by atoms with Crippen molar-refractivity contribution in [1.29, 1.82) is 0 Å². The molecule has 3 atom stereocenters. The summed E-state index contributed by atoms with van der Waals surface area (Å²) >= 11 is 6.64. The summed E-state index contributed by atoms with van der Waals surface area (Å²) in [5.41, 5.74) is 12.6.